The lowest BCUT2D eigenvalue weighted by Gasteiger charge is -2.07. The van der Waals surface area contributed by atoms with Crippen LogP contribution in [-0.4, -0.2) is 29.5 Å². The highest BCUT2D eigenvalue weighted by molar-refractivity contribution is 7.99. The second kappa shape index (κ2) is 7.60. The summed E-state index contributed by atoms with van der Waals surface area (Å²) >= 11 is 7.51. The summed E-state index contributed by atoms with van der Waals surface area (Å²) in [6.07, 6.45) is 0. The van der Waals surface area contributed by atoms with E-state index in [0.717, 1.165) is 15.7 Å². The van der Waals surface area contributed by atoms with Gasteiger partial charge in [0.05, 0.1) is 6.61 Å². The van der Waals surface area contributed by atoms with Crippen molar-refractivity contribution in [3.63, 3.8) is 0 Å². The summed E-state index contributed by atoms with van der Waals surface area (Å²) in [6, 6.07) is 14.4. The lowest BCUT2D eigenvalue weighted by molar-refractivity contribution is 0.344. The molecule has 0 fully saturated rings. The van der Waals surface area contributed by atoms with Gasteiger partial charge in [-0.25, -0.2) is 0 Å². The van der Waals surface area contributed by atoms with Crippen LogP contribution in [0, 0.1) is 0 Å². The number of halogens is 1. The Morgan fingerprint density at radius 1 is 1.00 bits per heavy atom. The Bertz CT molecular complexity index is 531. The molecule has 0 atom stereocenters. The third-order valence-electron chi connectivity index (χ3n) is 2.61. The van der Waals surface area contributed by atoms with Crippen LogP contribution in [0.5, 0.6) is 5.75 Å². The molecule has 0 aromatic heterocycles. The first kappa shape index (κ1) is 15.3. The molecule has 2 N–H and O–H groups in total. The number of benzene rings is 2. The van der Waals surface area contributed by atoms with Gasteiger partial charge in [0.15, 0.2) is 0 Å². The SMILES string of the molecule is OB(O)c1ccc(OCCSc2ccc(Cl)cc2)cc1. The van der Waals surface area contributed by atoms with Crippen LogP contribution < -0.4 is 10.2 Å². The quantitative estimate of drug-likeness (QED) is 0.488. The fourth-order valence-electron chi connectivity index (χ4n) is 1.59. The first-order chi connectivity index (χ1) is 9.65. The number of hydrogen-bond donors (Lipinski definition) is 2. The molecule has 6 heteroatoms. The summed E-state index contributed by atoms with van der Waals surface area (Å²) in [7, 11) is -1.44. The molecule has 0 aliphatic rings. The molecule has 0 saturated heterocycles. The van der Waals surface area contributed by atoms with Crippen molar-refractivity contribution in [3.8, 4) is 5.75 Å². The van der Waals surface area contributed by atoms with E-state index >= 15 is 0 Å². The maximum Gasteiger partial charge on any atom is 0.488 e. The van der Waals surface area contributed by atoms with Crippen LogP contribution in [0.1, 0.15) is 0 Å². The van der Waals surface area contributed by atoms with Gasteiger partial charge >= 0.3 is 7.12 Å². The van der Waals surface area contributed by atoms with Crippen molar-refractivity contribution in [1.82, 2.24) is 0 Å². The average Bonchev–Trinajstić information content (AvgIpc) is 2.46. The molecule has 2 aromatic rings. The van der Waals surface area contributed by atoms with Gasteiger partial charge in [0.25, 0.3) is 0 Å². The lowest BCUT2D eigenvalue weighted by atomic mass is 9.80. The number of hydrogen-bond acceptors (Lipinski definition) is 4. The van der Waals surface area contributed by atoms with Crippen molar-refractivity contribution in [1.29, 1.82) is 0 Å². The van der Waals surface area contributed by atoms with Crippen LogP contribution in [0.4, 0.5) is 0 Å². The van der Waals surface area contributed by atoms with Gasteiger partial charge in [0, 0.05) is 15.7 Å². The maximum atomic E-state index is 8.98. The molecule has 0 radical (unpaired) electrons. The highest BCUT2D eigenvalue weighted by Crippen LogP contribution is 2.20. The predicted molar refractivity (Wildman–Crippen MR) is 83.9 cm³/mol. The minimum atomic E-state index is -1.44. The van der Waals surface area contributed by atoms with E-state index < -0.39 is 7.12 Å². The van der Waals surface area contributed by atoms with Gasteiger partial charge in [-0.2, -0.15) is 0 Å². The Morgan fingerprint density at radius 3 is 2.25 bits per heavy atom. The smallest absolute Gasteiger partial charge is 0.488 e. The van der Waals surface area contributed by atoms with E-state index in [1.54, 1.807) is 36.0 Å². The third-order valence-corrected chi connectivity index (χ3v) is 3.84. The van der Waals surface area contributed by atoms with E-state index in [0.29, 0.717) is 17.8 Å². The molecule has 0 aliphatic carbocycles. The molecule has 0 aliphatic heterocycles. The second-order valence-electron chi connectivity index (χ2n) is 4.09. The van der Waals surface area contributed by atoms with E-state index in [-0.39, 0.29) is 0 Å². The van der Waals surface area contributed by atoms with E-state index in [2.05, 4.69) is 0 Å². The van der Waals surface area contributed by atoms with Gasteiger partial charge in [0.2, 0.25) is 0 Å². The van der Waals surface area contributed by atoms with Crippen molar-refractivity contribution in [2.45, 2.75) is 4.90 Å². The molecule has 2 aromatic carbocycles. The Balaban J connectivity index is 1.74. The van der Waals surface area contributed by atoms with Gasteiger partial charge in [-0.05, 0) is 41.9 Å². The molecule has 0 amide bonds. The summed E-state index contributed by atoms with van der Waals surface area (Å²) in [5.41, 5.74) is 0.452. The molecule has 0 spiro atoms. The van der Waals surface area contributed by atoms with Crippen LogP contribution in [0.3, 0.4) is 0 Å². The molecule has 20 heavy (non-hydrogen) atoms. The first-order valence-corrected chi connectivity index (χ1v) is 7.49. The monoisotopic (exact) mass is 308 g/mol. The third kappa shape index (κ3) is 4.76. The van der Waals surface area contributed by atoms with Gasteiger partial charge in [-0.3, -0.25) is 0 Å². The standard InChI is InChI=1S/C14H14BClO3S/c16-12-3-7-14(8-4-12)20-10-9-19-13-5-1-11(2-6-13)15(17)18/h1-8,17-18H,9-10H2. The minimum Gasteiger partial charge on any atom is -0.493 e. The number of ether oxygens (including phenoxy) is 1. The van der Waals surface area contributed by atoms with Crippen LogP contribution in [0.25, 0.3) is 0 Å². The summed E-state index contributed by atoms with van der Waals surface area (Å²) in [5, 5.41) is 18.7. The zero-order chi connectivity index (χ0) is 14.4. The second-order valence-corrected chi connectivity index (χ2v) is 5.70. The van der Waals surface area contributed by atoms with Gasteiger partial charge in [0.1, 0.15) is 5.75 Å². The summed E-state index contributed by atoms with van der Waals surface area (Å²) in [5.74, 6) is 1.54. The van der Waals surface area contributed by atoms with Crippen molar-refractivity contribution >= 4 is 35.9 Å². The molecule has 0 saturated carbocycles. The largest absolute Gasteiger partial charge is 0.493 e. The fourth-order valence-corrected chi connectivity index (χ4v) is 2.44. The Morgan fingerprint density at radius 2 is 1.65 bits per heavy atom. The van der Waals surface area contributed by atoms with E-state index in [4.69, 9.17) is 26.4 Å². The minimum absolute atomic E-state index is 0.452. The molecular formula is C14H14BClO3S. The predicted octanol–water partition coefficient (Wildman–Crippen LogP) is 2.19. The lowest BCUT2D eigenvalue weighted by Crippen LogP contribution is -2.29. The highest BCUT2D eigenvalue weighted by Gasteiger charge is 2.09. The number of rotatable bonds is 6. The first-order valence-electron chi connectivity index (χ1n) is 6.12. The Kier molecular flexibility index (Phi) is 5.79. The Labute approximate surface area is 127 Å². The summed E-state index contributed by atoms with van der Waals surface area (Å²) < 4.78 is 5.58. The van der Waals surface area contributed by atoms with E-state index in [9.17, 15) is 0 Å². The van der Waals surface area contributed by atoms with Gasteiger partial charge in [-0.1, -0.05) is 23.7 Å². The topological polar surface area (TPSA) is 49.7 Å². The molecule has 0 bridgehead atoms. The zero-order valence-corrected chi connectivity index (χ0v) is 12.3. The van der Waals surface area contributed by atoms with E-state index in [1.807, 2.05) is 24.3 Å². The molecule has 2 rings (SSSR count). The van der Waals surface area contributed by atoms with Crippen LogP contribution in [0.2, 0.25) is 5.02 Å². The van der Waals surface area contributed by atoms with Crippen molar-refractivity contribution in [2.24, 2.45) is 0 Å². The van der Waals surface area contributed by atoms with Crippen LogP contribution >= 0.6 is 23.4 Å². The van der Waals surface area contributed by atoms with Crippen molar-refractivity contribution in [2.75, 3.05) is 12.4 Å². The zero-order valence-electron chi connectivity index (χ0n) is 10.7. The van der Waals surface area contributed by atoms with Gasteiger partial charge < -0.3 is 14.8 Å². The Hall–Kier alpha value is -1.14. The maximum absolute atomic E-state index is 8.98. The van der Waals surface area contributed by atoms with Crippen molar-refractivity contribution < 1.29 is 14.8 Å². The molecular weight excluding hydrogens is 294 g/mol. The average molecular weight is 309 g/mol. The molecule has 104 valence electrons. The van der Waals surface area contributed by atoms with Crippen molar-refractivity contribution in [3.05, 3.63) is 53.6 Å². The summed E-state index contributed by atoms with van der Waals surface area (Å²) in [6.45, 7) is 0.578. The summed E-state index contributed by atoms with van der Waals surface area (Å²) in [4.78, 5) is 1.15. The van der Waals surface area contributed by atoms with E-state index in [1.165, 1.54) is 0 Å². The van der Waals surface area contributed by atoms with Gasteiger partial charge in [-0.15, -0.1) is 11.8 Å². The molecule has 0 heterocycles. The molecule has 0 unspecified atom stereocenters. The van der Waals surface area contributed by atoms with Crippen LogP contribution in [-0.2, 0) is 0 Å². The normalized spacial score (nSPS) is 10.3. The molecule has 3 nitrogen and oxygen atoms in total. The number of thioether (sulfide) groups is 1. The fraction of sp³-hybridized carbons (Fsp3) is 0.143. The van der Waals surface area contributed by atoms with Crippen LogP contribution in [0.15, 0.2) is 53.4 Å². The highest BCUT2D eigenvalue weighted by atomic mass is 35.5.